The van der Waals surface area contributed by atoms with Crippen LogP contribution in [0.5, 0.6) is 11.5 Å². The van der Waals surface area contributed by atoms with E-state index in [1.165, 1.54) is 0 Å². The maximum atomic E-state index is 11.4. The normalized spacial score (nSPS) is 14.8. The van der Waals surface area contributed by atoms with Crippen molar-refractivity contribution in [2.75, 3.05) is 0 Å². The lowest BCUT2D eigenvalue weighted by Gasteiger charge is -2.07. The molecule has 4 nitrogen and oxygen atoms in total. The van der Waals surface area contributed by atoms with Gasteiger partial charge >= 0.3 is 11.9 Å². The minimum atomic E-state index is -0.593. The Labute approximate surface area is 96.8 Å². The summed E-state index contributed by atoms with van der Waals surface area (Å²) in [6.07, 6.45) is -0.358. The monoisotopic (exact) mass is 228 g/mol. The Morgan fingerprint density at radius 2 is 1.65 bits per heavy atom. The Kier molecular flexibility index (Phi) is 2.08. The summed E-state index contributed by atoms with van der Waals surface area (Å²) in [4.78, 5) is 22.6. The van der Waals surface area contributed by atoms with Crippen LogP contribution in [0.25, 0.3) is 10.8 Å². The van der Waals surface area contributed by atoms with Gasteiger partial charge in [-0.25, -0.2) is 0 Å². The minimum absolute atomic E-state index is 0.291. The van der Waals surface area contributed by atoms with Crippen LogP contribution in [-0.4, -0.2) is 11.9 Å². The molecular weight excluding hydrogens is 220 g/mol. The third-order valence-corrected chi connectivity index (χ3v) is 2.57. The van der Waals surface area contributed by atoms with E-state index in [1.807, 2.05) is 30.3 Å². The van der Waals surface area contributed by atoms with E-state index >= 15 is 0 Å². The van der Waals surface area contributed by atoms with E-state index < -0.39 is 11.9 Å². The van der Waals surface area contributed by atoms with Crippen molar-refractivity contribution < 1.29 is 19.1 Å². The van der Waals surface area contributed by atoms with Gasteiger partial charge in [0.2, 0.25) is 0 Å². The van der Waals surface area contributed by atoms with Gasteiger partial charge in [-0.1, -0.05) is 30.3 Å². The van der Waals surface area contributed by atoms with Gasteiger partial charge < -0.3 is 9.47 Å². The first-order valence-corrected chi connectivity index (χ1v) is 5.17. The minimum Gasteiger partial charge on any atom is -0.422 e. The molecule has 0 aliphatic carbocycles. The molecule has 0 saturated carbocycles. The fourth-order valence-corrected chi connectivity index (χ4v) is 1.84. The smallest absolute Gasteiger partial charge is 0.322 e. The standard InChI is InChI=1S/C13H8O4/c14-11-7-12(15)17-13-9-4-2-1-3-8(9)5-6-10(13)16-11/h1-6H,7H2. The molecule has 4 heteroatoms. The Morgan fingerprint density at radius 3 is 2.53 bits per heavy atom. The van der Waals surface area contributed by atoms with E-state index in [-0.39, 0.29) is 6.42 Å². The first-order chi connectivity index (χ1) is 8.24. The molecule has 0 unspecified atom stereocenters. The summed E-state index contributed by atoms with van der Waals surface area (Å²) >= 11 is 0. The molecule has 0 aromatic heterocycles. The number of carbonyl (C=O) groups excluding carboxylic acids is 2. The molecule has 3 rings (SSSR count). The largest absolute Gasteiger partial charge is 0.422 e. The molecule has 1 aliphatic heterocycles. The number of hydrogen-bond acceptors (Lipinski definition) is 4. The zero-order valence-corrected chi connectivity index (χ0v) is 8.80. The van der Waals surface area contributed by atoms with E-state index in [0.29, 0.717) is 11.5 Å². The van der Waals surface area contributed by atoms with Crippen molar-refractivity contribution in [1.82, 2.24) is 0 Å². The van der Waals surface area contributed by atoms with Crippen molar-refractivity contribution in [2.24, 2.45) is 0 Å². The molecule has 84 valence electrons. The second-order valence-electron chi connectivity index (χ2n) is 3.74. The van der Waals surface area contributed by atoms with Gasteiger partial charge in [-0.05, 0) is 11.5 Å². The van der Waals surface area contributed by atoms with Crippen LogP contribution in [0.1, 0.15) is 6.42 Å². The predicted molar refractivity (Wildman–Crippen MR) is 59.8 cm³/mol. The molecule has 0 spiro atoms. The molecule has 0 bridgehead atoms. The van der Waals surface area contributed by atoms with Crippen molar-refractivity contribution in [1.29, 1.82) is 0 Å². The van der Waals surface area contributed by atoms with Crippen LogP contribution >= 0.6 is 0 Å². The SMILES string of the molecule is O=C1CC(=O)Oc2c(ccc3ccccc23)O1. The lowest BCUT2D eigenvalue weighted by molar-refractivity contribution is -0.142. The second kappa shape index (κ2) is 3.59. The first-order valence-electron chi connectivity index (χ1n) is 5.17. The number of hydrogen-bond donors (Lipinski definition) is 0. The number of carbonyl (C=O) groups is 2. The second-order valence-corrected chi connectivity index (χ2v) is 3.74. The quantitative estimate of drug-likeness (QED) is 0.393. The van der Waals surface area contributed by atoms with E-state index in [1.54, 1.807) is 6.07 Å². The molecule has 0 radical (unpaired) electrons. The molecule has 0 N–H and O–H groups in total. The number of benzene rings is 2. The molecule has 2 aromatic rings. The number of rotatable bonds is 0. The molecule has 17 heavy (non-hydrogen) atoms. The van der Waals surface area contributed by atoms with Gasteiger partial charge in [-0.2, -0.15) is 0 Å². The van der Waals surface area contributed by atoms with Crippen LogP contribution in [0, 0.1) is 0 Å². The summed E-state index contributed by atoms with van der Waals surface area (Å²) in [7, 11) is 0. The van der Waals surface area contributed by atoms with Crippen molar-refractivity contribution in [3.8, 4) is 11.5 Å². The first kappa shape index (κ1) is 9.84. The predicted octanol–water partition coefficient (Wildman–Crippen LogP) is 2.05. The van der Waals surface area contributed by atoms with Gasteiger partial charge in [-0.15, -0.1) is 0 Å². The molecule has 0 saturated heterocycles. The lowest BCUT2D eigenvalue weighted by Crippen LogP contribution is -2.13. The maximum absolute atomic E-state index is 11.4. The Hall–Kier alpha value is -2.36. The summed E-state index contributed by atoms with van der Waals surface area (Å²) in [5, 5.41) is 1.69. The Balaban J connectivity index is 2.28. The van der Waals surface area contributed by atoms with E-state index in [2.05, 4.69) is 0 Å². The van der Waals surface area contributed by atoms with Gasteiger partial charge in [0.05, 0.1) is 0 Å². The average molecular weight is 228 g/mol. The molecule has 0 atom stereocenters. The van der Waals surface area contributed by atoms with Crippen LogP contribution < -0.4 is 9.47 Å². The zero-order valence-electron chi connectivity index (χ0n) is 8.80. The van der Waals surface area contributed by atoms with Crippen molar-refractivity contribution >= 4 is 22.7 Å². The van der Waals surface area contributed by atoms with E-state index in [9.17, 15) is 9.59 Å². The molecule has 2 aromatic carbocycles. The highest BCUT2D eigenvalue weighted by Gasteiger charge is 2.23. The van der Waals surface area contributed by atoms with Gasteiger partial charge in [0.25, 0.3) is 0 Å². The topological polar surface area (TPSA) is 52.6 Å². The molecule has 0 amide bonds. The summed E-state index contributed by atoms with van der Waals surface area (Å²) in [5.74, 6) is -0.576. The summed E-state index contributed by atoms with van der Waals surface area (Å²) < 4.78 is 10.2. The highest BCUT2D eigenvalue weighted by Crippen LogP contribution is 2.37. The Morgan fingerprint density at radius 1 is 0.882 bits per heavy atom. The van der Waals surface area contributed by atoms with Crippen LogP contribution in [0.4, 0.5) is 0 Å². The fraction of sp³-hybridized carbons (Fsp3) is 0.0769. The van der Waals surface area contributed by atoms with Crippen LogP contribution in [0.2, 0.25) is 0 Å². The molecule has 1 aliphatic rings. The summed E-state index contributed by atoms with van der Waals surface area (Å²) in [6, 6.07) is 10.9. The summed E-state index contributed by atoms with van der Waals surface area (Å²) in [5.41, 5.74) is 0. The number of esters is 2. The number of fused-ring (bicyclic) bond motifs is 3. The van der Waals surface area contributed by atoms with Gasteiger partial charge in [-0.3, -0.25) is 9.59 Å². The van der Waals surface area contributed by atoms with Crippen molar-refractivity contribution in [3.63, 3.8) is 0 Å². The van der Waals surface area contributed by atoms with Crippen LogP contribution in [0.15, 0.2) is 36.4 Å². The number of ether oxygens (including phenoxy) is 2. The van der Waals surface area contributed by atoms with Gasteiger partial charge in [0, 0.05) is 5.39 Å². The third kappa shape index (κ3) is 1.63. The average Bonchev–Trinajstić information content (AvgIpc) is 2.46. The molecule has 0 fully saturated rings. The zero-order chi connectivity index (χ0) is 11.8. The lowest BCUT2D eigenvalue weighted by atomic mass is 10.1. The Bertz CT molecular complexity index is 630. The maximum Gasteiger partial charge on any atom is 0.322 e. The van der Waals surface area contributed by atoms with Gasteiger partial charge in [0.1, 0.15) is 6.42 Å². The highest BCUT2D eigenvalue weighted by atomic mass is 16.6. The summed E-state index contributed by atoms with van der Waals surface area (Å²) in [6.45, 7) is 0. The van der Waals surface area contributed by atoms with E-state index in [4.69, 9.17) is 9.47 Å². The van der Waals surface area contributed by atoms with Crippen molar-refractivity contribution in [3.05, 3.63) is 36.4 Å². The molecule has 1 heterocycles. The van der Waals surface area contributed by atoms with Crippen LogP contribution in [-0.2, 0) is 9.59 Å². The van der Waals surface area contributed by atoms with Gasteiger partial charge in [0.15, 0.2) is 11.5 Å². The van der Waals surface area contributed by atoms with Crippen molar-refractivity contribution in [2.45, 2.75) is 6.42 Å². The van der Waals surface area contributed by atoms with E-state index in [0.717, 1.165) is 10.8 Å². The fourth-order valence-electron chi connectivity index (χ4n) is 1.84. The van der Waals surface area contributed by atoms with Crippen LogP contribution in [0.3, 0.4) is 0 Å². The third-order valence-electron chi connectivity index (χ3n) is 2.57. The molecular formula is C13H8O4. The highest BCUT2D eigenvalue weighted by molar-refractivity contribution is 6.00.